The van der Waals surface area contributed by atoms with E-state index in [0.29, 0.717) is 11.4 Å². The van der Waals surface area contributed by atoms with Crippen LogP contribution in [-0.4, -0.2) is 28.7 Å². The van der Waals surface area contributed by atoms with Crippen LogP contribution in [0.15, 0.2) is 23.4 Å². The molecule has 0 aliphatic carbocycles. The highest BCUT2D eigenvalue weighted by atomic mass is 35.5. The minimum Gasteiger partial charge on any atom is -0.368 e. The van der Waals surface area contributed by atoms with Gasteiger partial charge in [0, 0.05) is 6.20 Å². The number of nitrogens with zero attached hydrogens (tertiary/aromatic N) is 1. The molecule has 0 aliphatic rings. The summed E-state index contributed by atoms with van der Waals surface area (Å²) in [6.07, 6.45) is 3.29. The Morgan fingerprint density at radius 2 is 2.37 bits per heavy atom. The number of halogens is 1. The number of nitrogens with two attached hydrogens (primary N) is 1. The second kappa shape index (κ2) is 7.72. The molecule has 0 saturated carbocycles. The number of rotatable bonds is 8. The lowest BCUT2D eigenvalue weighted by Crippen LogP contribution is -2.53. The number of carbonyl (C=O) groups excluding carboxylic acids is 1. The third-order valence-corrected chi connectivity index (χ3v) is 4.40. The number of carbonyl (C=O) groups is 1. The van der Waals surface area contributed by atoms with Crippen molar-refractivity contribution in [2.75, 3.05) is 12.3 Å². The fourth-order valence-electron chi connectivity index (χ4n) is 1.76. The molecule has 1 unspecified atom stereocenters. The maximum atomic E-state index is 11.4. The summed E-state index contributed by atoms with van der Waals surface area (Å²) in [7, 11) is 0. The fraction of sp³-hybridized carbons (Fsp3) is 0.538. The van der Waals surface area contributed by atoms with Crippen LogP contribution < -0.4 is 11.1 Å². The zero-order valence-electron chi connectivity index (χ0n) is 11.3. The Balaban J connectivity index is 2.41. The van der Waals surface area contributed by atoms with Crippen molar-refractivity contribution in [1.29, 1.82) is 0 Å². The molecule has 3 N–H and O–H groups in total. The van der Waals surface area contributed by atoms with Crippen LogP contribution in [0.5, 0.6) is 0 Å². The smallest absolute Gasteiger partial charge is 0.237 e. The van der Waals surface area contributed by atoms with E-state index in [-0.39, 0.29) is 5.91 Å². The molecule has 1 amide bonds. The average molecular weight is 302 g/mol. The van der Waals surface area contributed by atoms with Crippen LogP contribution >= 0.6 is 23.4 Å². The Kier molecular flexibility index (Phi) is 6.62. The highest BCUT2D eigenvalue weighted by Crippen LogP contribution is 2.25. The highest BCUT2D eigenvalue weighted by Gasteiger charge is 2.28. The topological polar surface area (TPSA) is 68.0 Å². The van der Waals surface area contributed by atoms with Crippen LogP contribution in [-0.2, 0) is 4.79 Å². The molecule has 1 heterocycles. The first-order valence-corrected chi connectivity index (χ1v) is 7.64. The molecule has 0 spiro atoms. The molecule has 0 radical (unpaired) electrons. The number of primary amides is 1. The molecule has 0 aliphatic heterocycles. The van der Waals surface area contributed by atoms with Crippen molar-refractivity contribution in [3.05, 3.63) is 23.4 Å². The largest absolute Gasteiger partial charge is 0.368 e. The minimum atomic E-state index is -0.636. The molecular formula is C13H20ClN3OS. The van der Waals surface area contributed by atoms with Gasteiger partial charge in [-0.1, -0.05) is 18.5 Å². The van der Waals surface area contributed by atoms with E-state index < -0.39 is 5.54 Å². The molecule has 0 aromatic carbocycles. The predicted octanol–water partition coefficient (Wildman–Crippen LogP) is 2.46. The van der Waals surface area contributed by atoms with Gasteiger partial charge in [0.2, 0.25) is 5.91 Å². The number of nitrogens with one attached hydrogen (secondary N) is 1. The van der Waals surface area contributed by atoms with Crippen molar-refractivity contribution in [1.82, 2.24) is 10.3 Å². The van der Waals surface area contributed by atoms with E-state index in [1.165, 1.54) is 0 Å². The summed E-state index contributed by atoms with van der Waals surface area (Å²) in [5, 5.41) is 4.63. The standard InChI is InChI=1S/C13H20ClN3OS/c1-3-17-13(2,12(15)18)7-5-9-19-11-10(14)6-4-8-16-11/h4,6,8,17H,3,5,7,9H2,1-2H3,(H2,15,18). The molecule has 106 valence electrons. The first-order chi connectivity index (χ1) is 8.99. The zero-order valence-corrected chi connectivity index (χ0v) is 12.9. The molecule has 0 saturated heterocycles. The number of hydrogen-bond donors (Lipinski definition) is 2. The molecule has 1 aromatic heterocycles. The van der Waals surface area contributed by atoms with Crippen LogP contribution in [0.2, 0.25) is 5.02 Å². The van der Waals surface area contributed by atoms with Gasteiger partial charge < -0.3 is 11.1 Å². The summed E-state index contributed by atoms with van der Waals surface area (Å²) >= 11 is 7.62. The Morgan fingerprint density at radius 3 is 2.95 bits per heavy atom. The molecule has 19 heavy (non-hydrogen) atoms. The second-order valence-electron chi connectivity index (χ2n) is 4.47. The lowest BCUT2D eigenvalue weighted by molar-refractivity contribution is -0.124. The summed E-state index contributed by atoms with van der Waals surface area (Å²) in [6.45, 7) is 4.53. The van der Waals surface area contributed by atoms with Crippen molar-refractivity contribution in [3.63, 3.8) is 0 Å². The summed E-state index contributed by atoms with van der Waals surface area (Å²) in [6, 6.07) is 3.63. The number of likely N-dealkylation sites (N-methyl/N-ethyl adjacent to an activating group) is 1. The van der Waals surface area contributed by atoms with E-state index in [1.807, 2.05) is 26.0 Å². The Bertz CT molecular complexity index is 430. The molecule has 1 rings (SSSR count). The van der Waals surface area contributed by atoms with Crippen LogP contribution in [0, 0.1) is 0 Å². The Hall–Kier alpha value is -0.780. The van der Waals surface area contributed by atoms with Crippen molar-refractivity contribution < 1.29 is 4.79 Å². The van der Waals surface area contributed by atoms with Gasteiger partial charge >= 0.3 is 0 Å². The Labute approximate surface area is 123 Å². The molecule has 1 aromatic rings. The van der Waals surface area contributed by atoms with Crippen molar-refractivity contribution >= 4 is 29.3 Å². The molecule has 0 fully saturated rings. The Morgan fingerprint density at radius 1 is 1.63 bits per heavy atom. The van der Waals surface area contributed by atoms with E-state index in [1.54, 1.807) is 18.0 Å². The van der Waals surface area contributed by atoms with Crippen molar-refractivity contribution in [2.24, 2.45) is 5.73 Å². The number of amides is 1. The van der Waals surface area contributed by atoms with Crippen LogP contribution in [0.25, 0.3) is 0 Å². The third kappa shape index (κ3) is 5.01. The van der Waals surface area contributed by atoms with Gasteiger partial charge in [0.05, 0.1) is 10.6 Å². The van der Waals surface area contributed by atoms with E-state index in [4.69, 9.17) is 17.3 Å². The van der Waals surface area contributed by atoms with E-state index in [2.05, 4.69) is 10.3 Å². The molecular weight excluding hydrogens is 282 g/mol. The summed E-state index contributed by atoms with van der Waals surface area (Å²) in [4.78, 5) is 15.7. The fourth-order valence-corrected chi connectivity index (χ4v) is 2.87. The van der Waals surface area contributed by atoms with Crippen LogP contribution in [0.4, 0.5) is 0 Å². The number of thioether (sulfide) groups is 1. The van der Waals surface area contributed by atoms with Gasteiger partial charge in [-0.15, -0.1) is 11.8 Å². The maximum absolute atomic E-state index is 11.4. The maximum Gasteiger partial charge on any atom is 0.237 e. The molecule has 1 atom stereocenters. The average Bonchev–Trinajstić information content (AvgIpc) is 2.37. The zero-order chi connectivity index (χ0) is 14.3. The van der Waals surface area contributed by atoms with Gasteiger partial charge in [0.15, 0.2) is 0 Å². The normalized spacial score (nSPS) is 14.1. The lowest BCUT2D eigenvalue weighted by Gasteiger charge is -2.26. The van der Waals surface area contributed by atoms with Crippen molar-refractivity contribution in [3.8, 4) is 0 Å². The molecule has 6 heteroatoms. The van der Waals surface area contributed by atoms with Gasteiger partial charge in [0.1, 0.15) is 5.03 Å². The highest BCUT2D eigenvalue weighted by molar-refractivity contribution is 7.99. The quantitative estimate of drug-likeness (QED) is 0.572. The lowest BCUT2D eigenvalue weighted by atomic mass is 9.95. The first kappa shape index (κ1) is 16.3. The molecule has 0 bridgehead atoms. The van der Waals surface area contributed by atoms with Crippen LogP contribution in [0.3, 0.4) is 0 Å². The van der Waals surface area contributed by atoms with Gasteiger partial charge in [-0.3, -0.25) is 4.79 Å². The van der Waals surface area contributed by atoms with Gasteiger partial charge in [-0.2, -0.15) is 0 Å². The van der Waals surface area contributed by atoms with Gasteiger partial charge in [-0.25, -0.2) is 4.98 Å². The van der Waals surface area contributed by atoms with E-state index in [9.17, 15) is 4.79 Å². The number of aromatic nitrogens is 1. The second-order valence-corrected chi connectivity index (χ2v) is 5.96. The number of pyridine rings is 1. The van der Waals surface area contributed by atoms with Gasteiger partial charge in [0.25, 0.3) is 0 Å². The third-order valence-electron chi connectivity index (χ3n) is 2.90. The minimum absolute atomic E-state index is 0.310. The summed E-state index contributed by atoms with van der Waals surface area (Å²) in [5.74, 6) is 0.542. The SMILES string of the molecule is CCNC(C)(CCCSc1ncccc1Cl)C(N)=O. The van der Waals surface area contributed by atoms with E-state index in [0.717, 1.165) is 23.7 Å². The van der Waals surface area contributed by atoms with Crippen LogP contribution in [0.1, 0.15) is 26.7 Å². The summed E-state index contributed by atoms with van der Waals surface area (Å²) < 4.78 is 0. The van der Waals surface area contributed by atoms with E-state index >= 15 is 0 Å². The summed E-state index contributed by atoms with van der Waals surface area (Å²) in [5.41, 5.74) is 4.80. The monoisotopic (exact) mass is 301 g/mol. The predicted molar refractivity (Wildman–Crippen MR) is 80.5 cm³/mol. The van der Waals surface area contributed by atoms with Gasteiger partial charge in [-0.05, 0) is 44.2 Å². The van der Waals surface area contributed by atoms with Crippen molar-refractivity contribution in [2.45, 2.75) is 37.3 Å². The molecule has 4 nitrogen and oxygen atoms in total. The first-order valence-electron chi connectivity index (χ1n) is 6.28. The number of hydrogen-bond acceptors (Lipinski definition) is 4.